The number of benzene rings is 1. The van der Waals surface area contributed by atoms with Crippen LogP contribution in [0.4, 0.5) is 18.9 Å². The van der Waals surface area contributed by atoms with Crippen molar-refractivity contribution in [2.75, 3.05) is 4.72 Å². The summed E-state index contributed by atoms with van der Waals surface area (Å²) in [6, 6.07) is 5.30. The van der Waals surface area contributed by atoms with E-state index in [0.29, 0.717) is 6.07 Å². The Balaban J connectivity index is 2.39. The van der Waals surface area contributed by atoms with E-state index in [2.05, 4.69) is 4.72 Å². The Morgan fingerprint density at radius 1 is 1.20 bits per heavy atom. The number of alkyl halides is 3. The molecule has 0 amide bonds. The maximum Gasteiger partial charge on any atom is 0.416 e. The molecular formula is C11H7ClF3NO2S2. The topological polar surface area (TPSA) is 46.2 Å². The van der Waals surface area contributed by atoms with Crippen LogP contribution in [0.3, 0.4) is 0 Å². The van der Waals surface area contributed by atoms with E-state index in [0.717, 1.165) is 23.5 Å². The maximum atomic E-state index is 12.6. The molecule has 2 rings (SSSR count). The zero-order valence-electron chi connectivity index (χ0n) is 9.61. The molecule has 0 fully saturated rings. The highest BCUT2D eigenvalue weighted by Crippen LogP contribution is 2.34. The van der Waals surface area contributed by atoms with Crippen molar-refractivity contribution in [2.24, 2.45) is 0 Å². The Bertz CT molecular complexity index is 712. The minimum atomic E-state index is -4.58. The van der Waals surface area contributed by atoms with Crippen LogP contribution in [0.25, 0.3) is 0 Å². The molecule has 1 N–H and O–H groups in total. The number of anilines is 1. The first-order chi connectivity index (χ1) is 9.20. The van der Waals surface area contributed by atoms with E-state index >= 15 is 0 Å². The van der Waals surface area contributed by atoms with Gasteiger partial charge in [0.2, 0.25) is 0 Å². The standard InChI is InChI=1S/C11H7ClF3NO2S2/c12-8-4-3-7(11(13,14)15)6-9(8)16-20(17,18)10-2-1-5-19-10/h1-6,16H. The van der Waals surface area contributed by atoms with Gasteiger partial charge in [-0.2, -0.15) is 13.2 Å². The Morgan fingerprint density at radius 3 is 2.45 bits per heavy atom. The summed E-state index contributed by atoms with van der Waals surface area (Å²) in [6.07, 6.45) is -4.58. The minimum absolute atomic E-state index is 0.00835. The van der Waals surface area contributed by atoms with Gasteiger partial charge >= 0.3 is 6.18 Å². The first-order valence-corrected chi connectivity index (χ1v) is 7.87. The van der Waals surface area contributed by atoms with Crippen molar-refractivity contribution in [3.8, 4) is 0 Å². The van der Waals surface area contributed by atoms with E-state index in [9.17, 15) is 21.6 Å². The van der Waals surface area contributed by atoms with Gasteiger partial charge < -0.3 is 0 Å². The zero-order chi connectivity index (χ0) is 15.0. The van der Waals surface area contributed by atoms with Crippen LogP contribution in [-0.4, -0.2) is 8.42 Å². The van der Waals surface area contributed by atoms with Crippen molar-refractivity contribution in [1.29, 1.82) is 0 Å². The number of hydrogen-bond acceptors (Lipinski definition) is 3. The molecule has 0 aliphatic carbocycles. The van der Waals surface area contributed by atoms with E-state index in [1.807, 2.05) is 0 Å². The second-order valence-electron chi connectivity index (χ2n) is 3.73. The van der Waals surface area contributed by atoms with E-state index in [-0.39, 0.29) is 14.9 Å². The molecule has 1 aromatic carbocycles. The van der Waals surface area contributed by atoms with Gasteiger partial charge in [0.05, 0.1) is 16.3 Å². The lowest BCUT2D eigenvalue weighted by molar-refractivity contribution is -0.137. The summed E-state index contributed by atoms with van der Waals surface area (Å²) in [6.45, 7) is 0. The first-order valence-electron chi connectivity index (χ1n) is 5.13. The third kappa shape index (κ3) is 3.25. The maximum absolute atomic E-state index is 12.6. The van der Waals surface area contributed by atoms with Crippen molar-refractivity contribution in [2.45, 2.75) is 10.4 Å². The van der Waals surface area contributed by atoms with Gasteiger partial charge in [0.1, 0.15) is 4.21 Å². The van der Waals surface area contributed by atoms with Crippen LogP contribution in [-0.2, 0) is 16.2 Å². The number of nitrogens with one attached hydrogen (secondary N) is 1. The summed E-state index contributed by atoms with van der Waals surface area (Å²) in [5.74, 6) is 0. The van der Waals surface area contributed by atoms with Crippen LogP contribution in [0.1, 0.15) is 5.56 Å². The molecule has 0 aliphatic rings. The lowest BCUT2D eigenvalue weighted by atomic mass is 10.2. The largest absolute Gasteiger partial charge is 0.416 e. The smallest absolute Gasteiger partial charge is 0.277 e. The average Bonchev–Trinajstić information content (AvgIpc) is 2.84. The van der Waals surface area contributed by atoms with Crippen LogP contribution in [0.15, 0.2) is 39.9 Å². The Morgan fingerprint density at radius 2 is 1.90 bits per heavy atom. The Labute approximate surface area is 122 Å². The zero-order valence-corrected chi connectivity index (χ0v) is 12.0. The Kier molecular flexibility index (Phi) is 3.99. The molecule has 0 saturated heterocycles. The molecule has 0 spiro atoms. The molecule has 20 heavy (non-hydrogen) atoms. The number of halogens is 4. The minimum Gasteiger partial charge on any atom is -0.277 e. The summed E-state index contributed by atoms with van der Waals surface area (Å²) >= 11 is 6.67. The average molecular weight is 342 g/mol. The molecule has 1 heterocycles. The molecule has 0 saturated carbocycles. The molecule has 108 valence electrons. The van der Waals surface area contributed by atoms with Gasteiger partial charge in [-0.1, -0.05) is 17.7 Å². The first kappa shape index (κ1) is 15.1. The highest BCUT2D eigenvalue weighted by molar-refractivity contribution is 7.94. The highest BCUT2D eigenvalue weighted by Gasteiger charge is 2.31. The van der Waals surface area contributed by atoms with Crippen molar-refractivity contribution in [3.63, 3.8) is 0 Å². The van der Waals surface area contributed by atoms with Crippen molar-refractivity contribution in [1.82, 2.24) is 0 Å². The van der Waals surface area contributed by atoms with Crippen molar-refractivity contribution < 1.29 is 21.6 Å². The number of sulfonamides is 1. The van der Waals surface area contributed by atoms with Crippen LogP contribution in [0, 0.1) is 0 Å². The molecule has 0 atom stereocenters. The molecule has 3 nitrogen and oxygen atoms in total. The van der Waals surface area contributed by atoms with E-state index in [4.69, 9.17) is 11.6 Å². The lowest BCUT2D eigenvalue weighted by Gasteiger charge is -2.12. The Hall–Kier alpha value is -1.25. The highest BCUT2D eigenvalue weighted by atomic mass is 35.5. The summed E-state index contributed by atoms with van der Waals surface area (Å²) in [5.41, 5.74) is -1.29. The fourth-order valence-corrected chi connectivity index (χ4v) is 3.68. The summed E-state index contributed by atoms with van der Waals surface area (Å²) in [5, 5.41) is 1.43. The number of rotatable bonds is 3. The third-order valence-electron chi connectivity index (χ3n) is 2.30. The molecule has 9 heteroatoms. The fourth-order valence-electron chi connectivity index (χ4n) is 1.39. The van der Waals surface area contributed by atoms with Crippen molar-refractivity contribution >= 4 is 38.6 Å². The van der Waals surface area contributed by atoms with Crippen LogP contribution in [0.5, 0.6) is 0 Å². The van der Waals surface area contributed by atoms with Gasteiger partial charge in [-0.25, -0.2) is 8.42 Å². The molecule has 2 aromatic rings. The summed E-state index contributed by atoms with van der Waals surface area (Å²) in [7, 11) is -3.94. The van der Waals surface area contributed by atoms with Gasteiger partial charge in [0, 0.05) is 0 Å². The molecule has 0 aliphatic heterocycles. The lowest BCUT2D eigenvalue weighted by Crippen LogP contribution is -2.13. The molecule has 0 unspecified atom stereocenters. The predicted octanol–water partition coefficient (Wildman–Crippen LogP) is 4.22. The van der Waals surface area contributed by atoms with Gasteiger partial charge in [-0.05, 0) is 29.6 Å². The van der Waals surface area contributed by atoms with E-state index < -0.39 is 21.8 Å². The second kappa shape index (κ2) is 5.27. The number of hydrogen-bond donors (Lipinski definition) is 1. The number of thiophene rings is 1. The van der Waals surface area contributed by atoms with Gasteiger partial charge in [-0.3, -0.25) is 4.72 Å². The van der Waals surface area contributed by atoms with Gasteiger partial charge in [-0.15, -0.1) is 11.3 Å². The summed E-state index contributed by atoms with van der Waals surface area (Å²) in [4.78, 5) is 0. The monoisotopic (exact) mass is 341 g/mol. The summed E-state index contributed by atoms with van der Waals surface area (Å²) < 4.78 is 63.7. The van der Waals surface area contributed by atoms with E-state index in [1.165, 1.54) is 12.1 Å². The van der Waals surface area contributed by atoms with Gasteiger partial charge in [0.25, 0.3) is 10.0 Å². The molecule has 0 bridgehead atoms. The molecule has 0 radical (unpaired) electrons. The van der Waals surface area contributed by atoms with Gasteiger partial charge in [0.15, 0.2) is 0 Å². The second-order valence-corrected chi connectivity index (χ2v) is 6.99. The fraction of sp³-hybridized carbons (Fsp3) is 0.0909. The normalized spacial score (nSPS) is 12.4. The molecule has 1 aromatic heterocycles. The van der Waals surface area contributed by atoms with Crippen molar-refractivity contribution in [3.05, 3.63) is 46.3 Å². The third-order valence-corrected chi connectivity index (χ3v) is 5.39. The van der Waals surface area contributed by atoms with E-state index in [1.54, 1.807) is 5.38 Å². The SMILES string of the molecule is O=S(=O)(Nc1cc(C(F)(F)F)ccc1Cl)c1cccs1. The predicted molar refractivity (Wildman–Crippen MR) is 71.6 cm³/mol. The van der Waals surface area contributed by atoms with Crippen LogP contribution >= 0.6 is 22.9 Å². The van der Waals surface area contributed by atoms with Crippen LogP contribution < -0.4 is 4.72 Å². The molecular weight excluding hydrogens is 335 g/mol. The van der Waals surface area contributed by atoms with Crippen LogP contribution in [0.2, 0.25) is 5.02 Å². The quantitative estimate of drug-likeness (QED) is 0.908.